The standard InChI is InChI=1S/C14H20N2O/c15-13-9-5-4-8-12(13)14(17)16-10-11-6-2-1-3-7-11/h1-3,6-7,12-13H,4-5,8-10,15H2,(H,16,17)/t12-,13+/m1/s1. The number of hydrogen-bond acceptors (Lipinski definition) is 2. The van der Waals surface area contributed by atoms with Gasteiger partial charge in [0, 0.05) is 12.6 Å². The van der Waals surface area contributed by atoms with Gasteiger partial charge < -0.3 is 11.1 Å². The van der Waals surface area contributed by atoms with Crippen LogP contribution in [0.2, 0.25) is 0 Å². The number of amides is 1. The van der Waals surface area contributed by atoms with E-state index in [1.165, 1.54) is 0 Å². The Morgan fingerprint density at radius 3 is 2.65 bits per heavy atom. The van der Waals surface area contributed by atoms with Crippen molar-refractivity contribution in [2.45, 2.75) is 38.3 Å². The predicted molar refractivity (Wildman–Crippen MR) is 68.2 cm³/mol. The summed E-state index contributed by atoms with van der Waals surface area (Å²) in [5, 5.41) is 2.98. The van der Waals surface area contributed by atoms with Crippen molar-refractivity contribution in [3.05, 3.63) is 35.9 Å². The van der Waals surface area contributed by atoms with Crippen LogP contribution in [-0.4, -0.2) is 11.9 Å². The Morgan fingerprint density at radius 1 is 1.24 bits per heavy atom. The topological polar surface area (TPSA) is 55.1 Å². The first kappa shape index (κ1) is 12.1. The minimum Gasteiger partial charge on any atom is -0.352 e. The fraction of sp³-hybridized carbons (Fsp3) is 0.500. The minimum absolute atomic E-state index is 0.00691. The van der Waals surface area contributed by atoms with Gasteiger partial charge in [0.05, 0.1) is 5.92 Å². The predicted octanol–water partition coefficient (Wildman–Crippen LogP) is 1.82. The molecule has 2 atom stereocenters. The molecule has 17 heavy (non-hydrogen) atoms. The van der Waals surface area contributed by atoms with Crippen molar-refractivity contribution < 1.29 is 4.79 Å². The lowest BCUT2D eigenvalue weighted by Gasteiger charge is -2.27. The zero-order valence-electron chi connectivity index (χ0n) is 10.1. The van der Waals surface area contributed by atoms with E-state index in [9.17, 15) is 4.79 Å². The Labute approximate surface area is 102 Å². The van der Waals surface area contributed by atoms with E-state index in [1.54, 1.807) is 0 Å². The summed E-state index contributed by atoms with van der Waals surface area (Å²) in [6, 6.07) is 10.0. The average molecular weight is 232 g/mol. The van der Waals surface area contributed by atoms with Crippen LogP contribution < -0.4 is 11.1 Å². The van der Waals surface area contributed by atoms with Gasteiger partial charge in [-0.15, -0.1) is 0 Å². The van der Waals surface area contributed by atoms with Gasteiger partial charge in [-0.3, -0.25) is 4.79 Å². The van der Waals surface area contributed by atoms with Gasteiger partial charge in [0.1, 0.15) is 0 Å². The van der Waals surface area contributed by atoms with E-state index < -0.39 is 0 Å². The van der Waals surface area contributed by atoms with Crippen LogP contribution in [0.15, 0.2) is 30.3 Å². The molecule has 3 heteroatoms. The van der Waals surface area contributed by atoms with Gasteiger partial charge >= 0.3 is 0 Å². The summed E-state index contributed by atoms with van der Waals surface area (Å²) in [6.07, 6.45) is 4.19. The monoisotopic (exact) mass is 232 g/mol. The highest BCUT2D eigenvalue weighted by Crippen LogP contribution is 2.23. The molecular weight excluding hydrogens is 212 g/mol. The van der Waals surface area contributed by atoms with Crippen molar-refractivity contribution in [2.75, 3.05) is 0 Å². The zero-order valence-corrected chi connectivity index (χ0v) is 10.1. The molecule has 3 N–H and O–H groups in total. The summed E-state index contributed by atoms with van der Waals surface area (Å²) in [4.78, 5) is 12.0. The maximum absolute atomic E-state index is 12.0. The quantitative estimate of drug-likeness (QED) is 0.835. The van der Waals surface area contributed by atoms with Crippen molar-refractivity contribution >= 4 is 5.91 Å². The fourth-order valence-corrected chi connectivity index (χ4v) is 2.40. The van der Waals surface area contributed by atoms with Gasteiger partial charge in [-0.1, -0.05) is 43.2 Å². The van der Waals surface area contributed by atoms with Gasteiger partial charge in [-0.05, 0) is 18.4 Å². The normalized spacial score (nSPS) is 24.3. The minimum atomic E-state index is 0.00691. The summed E-state index contributed by atoms with van der Waals surface area (Å²) in [7, 11) is 0. The molecule has 92 valence electrons. The van der Waals surface area contributed by atoms with Crippen LogP contribution in [0, 0.1) is 5.92 Å². The molecule has 0 spiro atoms. The molecule has 3 nitrogen and oxygen atoms in total. The van der Waals surface area contributed by atoms with Crippen molar-refractivity contribution in [2.24, 2.45) is 11.7 Å². The Balaban J connectivity index is 1.84. The van der Waals surface area contributed by atoms with E-state index in [0.29, 0.717) is 6.54 Å². The van der Waals surface area contributed by atoms with Crippen LogP contribution in [0.25, 0.3) is 0 Å². The largest absolute Gasteiger partial charge is 0.352 e. The molecule has 0 heterocycles. The van der Waals surface area contributed by atoms with Gasteiger partial charge in [-0.25, -0.2) is 0 Å². The number of carbonyl (C=O) groups excluding carboxylic acids is 1. The molecule has 1 aliphatic rings. The molecule has 1 amide bonds. The molecule has 2 rings (SSSR count). The highest BCUT2D eigenvalue weighted by molar-refractivity contribution is 5.79. The molecule has 0 aliphatic heterocycles. The number of hydrogen-bond donors (Lipinski definition) is 2. The molecule has 0 radical (unpaired) electrons. The average Bonchev–Trinajstić information content (AvgIpc) is 2.38. The molecule has 1 aromatic rings. The SMILES string of the molecule is N[C@H]1CCCC[C@H]1C(=O)NCc1ccccc1. The van der Waals surface area contributed by atoms with Crippen LogP contribution in [0.5, 0.6) is 0 Å². The van der Waals surface area contributed by atoms with Gasteiger partial charge in [0.25, 0.3) is 0 Å². The second-order valence-corrected chi connectivity index (χ2v) is 4.76. The first-order valence-electron chi connectivity index (χ1n) is 6.34. The lowest BCUT2D eigenvalue weighted by atomic mass is 9.84. The van der Waals surface area contributed by atoms with E-state index in [0.717, 1.165) is 31.2 Å². The first-order valence-corrected chi connectivity index (χ1v) is 6.34. The van der Waals surface area contributed by atoms with E-state index in [2.05, 4.69) is 5.32 Å². The maximum atomic E-state index is 12.0. The Hall–Kier alpha value is -1.35. The molecule has 0 bridgehead atoms. The van der Waals surface area contributed by atoms with Crippen molar-refractivity contribution in [1.82, 2.24) is 5.32 Å². The van der Waals surface area contributed by atoms with Crippen molar-refractivity contribution in [3.63, 3.8) is 0 Å². The Morgan fingerprint density at radius 2 is 1.94 bits per heavy atom. The number of benzene rings is 1. The van der Waals surface area contributed by atoms with Crippen LogP contribution >= 0.6 is 0 Å². The van der Waals surface area contributed by atoms with Gasteiger partial charge in [-0.2, -0.15) is 0 Å². The molecule has 1 saturated carbocycles. The van der Waals surface area contributed by atoms with Crippen molar-refractivity contribution in [1.29, 1.82) is 0 Å². The molecule has 1 aliphatic carbocycles. The van der Waals surface area contributed by atoms with Crippen LogP contribution in [0.1, 0.15) is 31.2 Å². The second kappa shape index (κ2) is 5.82. The maximum Gasteiger partial charge on any atom is 0.224 e. The van der Waals surface area contributed by atoms with Crippen LogP contribution in [-0.2, 0) is 11.3 Å². The summed E-state index contributed by atoms with van der Waals surface area (Å²) >= 11 is 0. The number of nitrogens with one attached hydrogen (secondary N) is 1. The third-order valence-electron chi connectivity index (χ3n) is 3.47. The van der Waals surface area contributed by atoms with Crippen LogP contribution in [0.3, 0.4) is 0 Å². The lowest BCUT2D eigenvalue weighted by Crippen LogP contribution is -2.43. The number of nitrogens with two attached hydrogens (primary N) is 1. The fourth-order valence-electron chi connectivity index (χ4n) is 2.40. The molecule has 0 saturated heterocycles. The molecule has 0 aromatic heterocycles. The van der Waals surface area contributed by atoms with E-state index in [1.807, 2.05) is 30.3 Å². The lowest BCUT2D eigenvalue weighted by molar-refractivity contribution is -0.126. The van der Waals surface area contributed by atoms with E-state index in [-0.39, 0.29) is 17.9 Å². The Kier molecular flexibility index (Phi) is 4.15. The Bertz CT molecular complexity index is 364. The van der Waals surface area contributed by atoms with Crippen LogP contribution in [0.4, 0.5) is 0 Å². The number of carbonyl (C=O) groups is 1. The third kappa shape index (κ3) is 3.30. The summed E-state index contributed by atoms with van der Waals surface area (Å²) < 4.78 is 0. The third-order valence-corrected chi connectivity index (χ3v) is 3.47. The van der Waals surface area contributed by atoms with E-state index >= 15 is 0 Å². The van der Waals surface area contributed by atoms with E-state index in [4.69, 9.17) is 5.73 Å². The zero-order chi connectivity index (χ0) is 12.1. The highest BCUT2D eigenvalue weighted by atomic mass is 16.1. The molecule has 1 aromatic carbocycles. The molecular formula is C14H20N2O. The summed E-state index contributed by atoms with van der Waals surface area (Å²) in [5.41, 5.74) is 7.12. The molecule has 0 unspecified atom stereocenters. The second-order valence-electron chi connectivity index (χ2n) is 4.76. The number of rotatable bonds is 3. The highest BCUT2D eigenvalue weighted by Gasteiger charge is 2.27. The van der Waals surface area contributed by atoms with Crippen molar-refractivity contribution in [3.8, 4) is 0 Å². The summed E-state index contributed by atoms with van der Waals surface area (Å²) in [6.45, 7) is 0.600. The van der Waals surface area contributed by atoms with Gasteiger partial charge in [0.15, 0.2) is 0 Å². The molecule has 1 fully saturated rings. The summed E-state index contributed by atoms with van der Waals surface area (Å²) in [5.74, 6) is 0.119. The van der Waals surface area contributed by atoms with Gasteiger partial charge in [0.2, 0.25) is 5.91 Å². The smallest absolute Gasteiger partial charge is 0.224 e. The first-order chi connectivity index (χ1) is 8.27.